The first-order valence-corrected chi connectivity index (χ1v) is 8.83. The molecule has 166 valence electrons. The van der Waals surface area contributed by atoms with Crippen molar-refractivity contribution in [2.75, 3.05) is 41.5 Å². The number of methoxy groups -OCH3 is 3. The van der Waals surface area contributed by atoms with Crippen molar-refractivity contribution in [2.45, 2.75) is 6.54 Å². The van der Waals surface area contributed by atoms with Gasteiger partial charge < -0.3 is 29.6 Å². The first-order chi connectivity index (χ1) is 14.0. The Hall–Kier alpha value is -2.50. The molecule has 0 heterocycles. The molecule has 0 radical (unpaired) electrons. The zero-order chi connectivity index (χ0) is 21.2. The van der Waals surface area contributed by atoms with Crippen molar-refractivity contribution in [1.82, 2.24) is 10.6 Å². The van der Waals surface area contributed by atoms with Gasteiger partial charge >= 0.3 is 0 Å². The molecule has 10 heteroatoms. The van der Waals surface area contributed by atoms with E-state index in [1.807, 2.05) is 12.1 Å². The number of rotatable bonds is 9. The number of guanidine groups is 1. The Bertz CT molecular complexity index is 828. The first-order valence-electron chi connectivity index (χ1n) is 8.83. The summed E-state index contributed by atoms with van der Waals surface area (Å²) in [7, 11) is 6.30. The van der Waals surface area contributed by atoms with Crippen LogP contribution in [0.5, 0.6) is 23.0 Å². The van der Waals surface area contributed by atoms with E-state index < -0.39 is 11.6 Å². The Balaban J connectivity index is 0.00000450. The van der Waals surface area contributed by atoms with E-state index in [1.54, 1.807) is 28.4 Å². The third-order valence-electron chi connectivity index (χ3n) is 3.96. The number of aliphatic imine (C=N–C) groups is 1. The van der Waals surface area contributed by atoms with Crippen LogP contribution in [0.4, 0.5) is 8.78 Å². The van der Waals surface area contributed by atoms with Gasteiger partial charge in [-0.25, -0.2) is 8.78 Å². The standard InChI is InChI=1S/C20H25F2N3O4.HI/c1-23-20(24-7-8-29-14-5-6-15(21)16(22)11-14)25-12-13-9-17(26-2)19(28-4)18(10-13)27-3;/h5-6,9-11H,7-8,12H2,1-4H3,(H2,23,24,25);1H. The van der Waals surface area contributed by atoms with Crippen molar-refractivity contribution in [3.63, 3.8) is 0 Å². The fourth-order valence-corrected chi connectivity index (χ4v) is 2.55. The van der Waals surface area contributed by atoms with Gasteiger partial charge in [-0.3, -0.25) is 4.99 Å². The number of nitrogens with one attached hydrogen (secondary N) is 2. The van der Waals surface area contributed by atoms with Gasteiger partial charge in [0, 0.05) is 19.7 Å². The maximum absolute atomic E-state index is 13.2. The summed E-state index contributed by atoms with van der Waals surface area (Å²) < 4.78 is 47.5. The van der Waals surface area contributed by atoms with Crippen LogP contribution in [0.15, 0.2) is 35.3 Å². The van der Waals surface area contributed by atoms with Crippen LogP contribution in [0.1, 0.15) is 5.56 Å². The molecular formula is C20H26F2IN3O4. The lowest BCUT2D eigenvalue weighted by molar-refractivity contribution is 0.318. The molecule has 0 aliphatic carbocycles. The largest absolute Gasteiger partial charge is 0.493 e. The van der Waals surface area contributed by atoms with E-state index in [4.69, 9.17) is 18.9 Å². The van der Waals surface area contributed by atoms with E-state index in [9.17, 15) is 8.78 Å². The summed E-state index contributed by atoms with van der Waals surface area (Å²) >= 11 is 0. The van der Waals surface area contributed by atoms with Crippen molar-refractivity contribution >= 4 is 29.9 Å². The quantitative estimate of drug-likeness (QED) is 0.221. The highest BCUT2D eigenvalue weighted by atomic mass is 127. The summed E-state index contributed by atoms with van der Waals surface area (Å²) in [6.45, 7) is 1.12. The normalized spacial score (nSPS) is 10.7. The van der Waals surface area contributed by atoms with Gasteiger partial charge in [0.15, 0.2) is 29.1 Å². The average molecular weight is 537 g/mol. The fraction of sp³-hybridized carbons (Fsp3) is 0.350. The van der Waals surface area contributed by atoms with Crippen LogP contribution in [0.2, 0.25) is 0 Å². The minimum atomic E-state index is -0.946. The summed E-state index contributed by atoms with van der Waals surface area (Å²) in [5, 5.41) is 6.24. The number of hydrogen-bond acceptors (Lipinski definition) is 5. The Morgan fingerprint density at radius 3 is 2.13 bits per heavy atom. The second-order valence-electron chi connectivity index (χ2n) is 5.81. The maximum atomic E-state index is 13.2. The lowest BCUT2D eigenvalue weighted by Crippen LogP contribution is -2.38. The molecule has 0 saturated carbocycles. The summed E-state index contributed by atoms with van der Waals surface area (Å²) in [5.41, 5.74) is 0.903. The summed E-state index contributed by atoms with van der Waals surface area (Å²) in [4.78, 5) is 4.13. The maximum Gasteiger partial charge on any atom is 0.203 e. The van der Waals surface area contributed by atoms with Crippen LogP contribution >= 0.6 is 24.0 Å². The summed E-state index contributed by atoms with van der Waals surface area (Å²) in [5.74, 6) is 0.595. The Labute approximate surface area is 191 Å². The number of hydrogen-bond donors (Lipinski definition) is 2. The minimum absolute atomic E-state index is 0. The molecule has 0 saturated heterocycles. The van der Waals surface area contributed by atoms with Gasteiger partial charge in [0.25, 0.3) is 0 Å². The molecule has 0 atom stereocenters. The van der Waals surface area contributed by atoms with Crippen LogP contribution in [0.3, 0.4) is 0 Å². The number of benzene rings is 2. The second-order valence-corrected chi connectivity index (χ2v) is 5.81. The molecule has 0 aliphatic rings. The Kier molecular flexibility index (Phi) is 11.0. The molecule has 0 amide bonds. The highest BCUT2D eigenvalue weighted by molar-refractivity contribution is 14.0. The predicted octanol–water partition coefficient (Wildman–Crippen LogP) is 3.35. The first kappa shape index (κ1) is 25.5. The molecule has 0 bridgehead atoms. The van der Waals surface area contributed by atoms with E-state index in [0.29, 0.717) is 36.3 Å². The van der Waals surface area contributed by atoms with Gasteiger partial charge in [0.2, 0.25) is 5.75 Å². The zero-order valence-electron chi connectivity index (χ0n) is 17.3. The zero-order valence-corrected chi connectivity index (χ0v) is 19.6. The van der Waals surface area contributed by atoms with Crippen LogP contribution in [-0.4, -0.2) is 47.5 Å². The van der Waals surface area contributed by atoms with Crippen LogP contribution in [0.25, 0.3) is 0 Å². The second kappa shape index (κ2) is 12.9. The molecule has 0 aromatic heterocycles. The molecule has 0 fully saturated rings. The highest BCUT2D eigenvalue weighted by Gasteiger charge is 2.13. The molecule has 0 unspecified atom stereocenters. The monoisotopic (exact) mass is 537 g/mol. The molecule has 2 N–H and O–H groups in total. The van der Waals surface area contributed by atoms with Crippen molar-refractivity contribution in [3.8, 4) is 23.0 Å². The molecule has 2 aromatic rings. The predicted molar refractivity (Wildman–Crippen MR) is 122 cm³/mol. The minimum Gasteiger partial charge on any atom is -0.493 e. The van der Waals surface area contributed by atoms with E-state index in [-0.39, 0.29) is 36.3 Å². The van der Waals surface area contributed by atoms with Gasteiger partial charge in [0.05, 0.1) is 27.9 Å². The fourth-order valence-electron chi connectivity index (χ4n) is 2.55. The molecule has 30 heavy (non-hydrogen) atoms. The lowest BCUT2D eigenvalue weighted by atomic mass is 10.2. The lowest BCUT2D eigenvalue weighted by Gasteiger charge is -2.16. The summed E-state index contributed by atoms with van der Waals surface area (Å²) in [6, 6.07) is 7.08. The van der Waals surface area contributed by atoms with Gasteiger partial charge in [-0.2, -0.15) is 0 Å². The molecular weight excluding hydrogens is 511 g/mol. The van der Waals surface area contributed by atoms with Crippen molar-refractivity contribution in [3.05, 3.63) is 47.5 Å². The van der Waals surface area contributed by atoms with Gasteiger partial charge in [0.1, 0.15) is 12.4 Å². The van der Waals surface area contributed by atoms with E-state index in [1.165, 1.54) is 6.07 Å². The van der Waals surface area contributed by atoms with Crippen molar-refractivity contribution in [1.29, 1.82) is 0 Å². The molecule has 7 nitrogen and oxygen atoms in total. The Morgan fingerprint density at radius 2 is 1.60 bits per heavy atom. The van der Waals surface area contributed by atoms with E-state index in [0.717, 1.165) is 17.7 Å². The van der Waals surface area contributed by atoms with Gasteiger partial charge in [-0.1, -0.05) is 0 Å². The van der Waals surface area contributed by atoms with Gasteiger partial charge in [-0.05, 0) is 29.8 Å². The Morgan fingerprint density at radius 1 is 0.933 bits per heavy atom. The molecule has 2 aromatic carbocycles. The average Bonchev–Trinajstić information content (AvgIpc) is 2.74. The summed E-state index contributed by atoms with van der Waals surface area (Å²) in [6.07, 6.45) is 0. The third-order valence-corrected chi connectivity index (χ3v) is 3.96. The van der Waals surface area contributed by atoms with Crippen molar-refractivity contribution < 1.29 is 27.7 Å². The van der Waals surface area contributed by atoms with E-state index in [2.05, 4.69) is 15.6 Å². The number of nitrogens with zero attached hydrogens (tertiary/aromatic N) is 1. The smallest absolute Gasteiger partial charge is 0.203 e. The van der Waals surface area contributed by atoms with Crippen LogP contribution in [-0.2, 0) is 6.54 Å². The van der Waals surface area contributed by atoms with Crippen LogP contribution in [0, 0.1) is 11.6 Å². The SMILES string of the molecule is CN=C(NCCOc1ccc(F)c(F)c1)NCc1cc(OC)c(OC)c(OC)c1.I. The number of halogens is 3. The molecule has 0 spiro atoms. The molecule has 2 rings (SSSR count). The van der Waals surface area contributed by atoms with Crippen molar-refractivity contribution in [2.24, 2.45) is 4.99 Å². The topological polar surface area (TPSA) is 73.3 Å². The third kappa shape index (κ3) is 7.08. The van der Waals surface area contributed by atoms with E-state index >= 15 is 0 Å². The number of ether oxygens (including phenoxy) is 4. The van der Waals surface area contributed by atoms with Crippen LogP contribution < -0.4 is 29.6 Å². The molecule has 0 aliphatic heterocycles. The highest BCUT2D eigenvalue weighted by Crippen LogP contribution is 2.38. The van der Waals surface area contributed by atoms with Gasteiger partial charge in [-0.15, -0.1) is 24.0 Å².